The van der Waals surface area contributed by atoms with Crippen LogP contribution in [-0.2, 0) is 4.79 Å². The highest BCUT2D eigenvalue weighted by Gasteiger charge is 2.11. The smallest absolute Gasteiger partial charge is 0.270 e. The van der Waals surface area contributed by atoms with Gasteiger partial charge in [0.25, 0.3) is 17.5 Å². The van der Waals surface area contributed by atoms with Crippen LogP contribution in [-0.4, -0.2) is 16.7 Å². The third-order valence-electron chi connectivity index (χ3n) is 3.78. The van der Waals surface area contributed by atoms with Crippen molar-refractivity contribution >= 4 is 39.5 Å². The number of rotatable bonds is 5. The molecule has 0 radical (unpaired) electrons. The number of carbonyl (C=O) groups is 2. The van der Waals surface area contributed by atoms with E-state index in [0.29, 0.717) is 27.1 Å². The first kappa shape index (κ1) is 20.0. The van der Waals surface area contributed by atoms with Crippen LogP contribution < -0.4 is 10.9 Å². The van der Waals surface area contributed by atoms with Crippen molar-refractivity contribution in [2.45, 2.75) is 0 Å². The Kier molecular flexibility index (Phi) is 6.20. The monoisotopic (exact) mass is 455 g/mol. The first-order chi connectivity index (χ1) is 13.9. The van der Waals surface area contributed by atoms with Gasteiger partial charge in [-0.2, -0.15) is 0 Å². The molecule has 1 heterocycles. The molecule has 9 heteroatoms. The highest BCUT2D eigenvalue weighted by atomic mass is 79.9. The zero-order valence-corrected chi connectivity index (χ0v) is 16.4. The number of nitro groups is 1. The lowest BCUT2D eigenvalue weighted by Crippen LogP contribution is -2.40. The van der Waals surface area contributed by atoms with Gasteiger partial charge in [-0.1, -0.05) is 24.3 Å². The molecule has 0 spiro atoms. The molecule has 0 aliphatic heterocycles. The zero-order chi connectivity index (χ0) is 20.8. The van der Waals surface area contributed by atoms with Gasteiger partial charge in [0.15, 0.2) is 0 Å². The molecule has 8 nitrogen and oxygen atoms in total. The Bertz CT molecular complexity index is 1110. The molecule has 3 rings (SSSR count). The number of hydrogen-bond acceptors (Lipinski definition) is 5. The Balaban J connectivity index is 1.60. The Morgan fingerprint density at radius 3 is 2.59 bits per heavy atom. The third-order valence-corrected chi connectivity index (χ3v) is 4.48. The van der Waals surface area contributed by atoms with Crippen LogP contribution in [0.5, 0.6) is 0 Å². The molecule has 2 amide bonds. The molecule has 0 atom stereocenters. The fraction of sp³-hybridized carbons (Fsp3) is 0. The average molecular weight is 456 g/mol. The van der Waals surface area contributed by atoms with Crippen LogP contribution in [0.15, 0.2) is 75.6 Å². The van der Waals surface area contributed by atoms with E-state index in [4.69, 9.17) is 4.42 Å². The molecule has 1 aromatic heterocycles. The maximum absolute atomic E-state index is 12.0. The van der Waals surface area contributed by atoms with Crippen LogP contribution in [0.3, 0.4) is 0 Å². The van der Waals surface area contributed by atoms with Crippen molar-refractivity contribution in [3.63, 3.8) is 0 Å². The summed E-state index contributed by atoms with van der Waals surface area (Å²) >= 11 is 3.26. The first-order valence-corrected chi connectivity index (χ1v) is 9.11. The van der Waals surface area contributed by atoms with E-state index in [1.165, 1.54) is 24.3 Å². The predicted octanol–water partition coefficient (Wildman–Crippen LogP) is 4.09. The van der Waals surface area contributed by atoms with Crippen LogP contribution in [0.4, 0.5) is 5.69 Å². The molecule has 3 aromatic rings. The standard InChI is InChI=1S/C20H14BrN3O5/c21-17-7-2-1-6-16(17)20(26)23-22-19(25)11-9-15-8-10-18(29-15)13-4-3-5-14(12-13)24(27)28/h1-12H,(H,22,25)(H,23,26)/b11-9+. The van der Waals surface area contributed by atoms with E-state index < -0.39 is 16.7 Å². The summed E-state index contributed by atoms with van der Waals surface area (Å²) in [5.41, 5.74) is 5.46. The van der Waals surface area contributed by atoms with Gasteiger partial charge >= 0.3 is 0 Å². The van der Waals surface area contributed by atoms with Gasteiger partial charge in [0.2, 0.25) is 0 Å². The van der Waals surface area contributed by atoms with Gasteiger partial charge in [0.1, 0.15) is 11.5 Å². The number of nitro benzene ring substituents is 1. The maximum atomic E-state index is 12.0. The zero-order valence-electron chi connectivity index (χ0n) is 14.8. The number of nitrogens with one attached hydrogen (secondary N) is 2. The van der Waals surface area contributed by atoms with Gasteiger partial charge in [-0.3, -0.25) is 30.6 Å². The van der Waals surface area contributed by atoms with Gasteiger partial charge in [-0.15, -0.1) is 0 Å². The fourth-order valence-corrected chi connectivity index (χ4v) is 2.87. The topological polar surface area (TPSA) is 114 Å². The summed E-state index contributed by atoms with van der Waals surface area (Å²) in [6, 6.07) is 16.1. The summed E-state index contributed by atoms with van der Waals surface area (Å²) in [4.78, 5) is 34.3. The summed E-state index contributed by atoms with van der Waals surface area (Å²) in [7, 11) is 0. The Labute approximate surface area is 173 Å². The maximum Gasteiger partial charge on any atom is 0.270 e. The summed E-state index contributed by atoms with van der Waals surface area (Å²) in [5, 5.41) is 10.9. The highest BCUT2D eigenvalue weighted by molar-refractivity contribution is 9.10. The number of furan rings is 1. The van der Waals surface area contributed by atoms with Crippen LogP contribution in [0, 0.1) is 10.1 Å². The molecular weight excluding hydrogens is 442 g/mol. The summed E-state index contributed by atoms with van der Waals surface area (Å²) in [6.45, 7) is 0. The van der Waals surface area contributed by atoms with E-state index in [1.807, 2.05) is 0 Å². The van der Waals surface area contributed by atoms with E-state index in [9.17, 15) is 19.7 Å². The van der Waals surface area contributed by atoms with Crippen LogP contribution >= 0.6 is 15.9 Å². The van der Waals surface area contributed by atoms with Crippen LogP contribution in [0.1, 0.15) is 16.1 Å². The minimum Gasteiger partial charge on any atom is -0.457 e. The second kappa shape index (κ2) is 8.98. The highest BCUT2D eigenvalue weighted by Crippen LogP contribution is 2.26. The Morgan fingerprint density at radius 1 is 1.03 bits per heavy atom. The van der Waals surface area contributed by atoms with Crippen molar-refractivity contribution < 1.29 is 18.9 Å². The second-order valence-corrected chi connectivity index (χ2v) is 6.62. The minimum atomic E-state index is -0.557. The van der Waals surface area contributed by atoms with Crippen LogP contribution in [0.25, 0.3) is 17.4 Å². The van der Waals surface area contributed by atoms with Crippen molar-refractivity contribution in [2.24, 2.45) is 0 Å². The van der Waals surface area contributed by atoms with Crippen molar-refractivity contribution in [2.75, 3.05) is 0 Å². The van der Waals surface area contributed by atoms with Crippen molar-refractivity contribution in [3.8, 4) is 11.3 Å². The van der Waals surface area contributed by atoms with Gasteiger partial charge in [0.05, 0.1) is 10.5 Å². The normalized spacial score (nSPS) is 10.7. The van der Waals surface area contributed by atoms with Gasteiger partial charge < -0.3 is 4.42 Å². The Hall–Kier alpha value is -3.72. The molecule has 146 valence electrons. The van der Waals surface area contributed by atoms with E-state index in [2.05, 4.69) is 26.8 Å². The van der Waals surface area contributed by atoms with E-state index in [0.717, 1.165) is 0 Å². The number of halogens is 1. The number of amides is 2. The summed E-state index contributed by atoms with van der Waals surface area (Å²) in [5.74, 6) is -0.223. The second-order valence-electron chi connectivity index (χ2n) is 5.77. The van der Waals surface area contributed by atoms with Gasteiger partial charge in [-0.05, 0) is 46.3 Å². The lowest BCUT2D eigenvalue weighted by Gasteiger charge is -2.06. The van der Waals surface area contributed by atoms with Crippen molar-refractivity contribution in [1.82, 2.24) is 10.9 Å². The first-order valence-electron chi connectivity index (χ1n) is 8.31. The molecule has 0 unspecified atom stereocenters. The van der Waals surface area contributed by atoms with E-state index >= 15 is 0 Å². The quantitative estimate of drug-likeness (QED) is 0.341. The average Bonchev–Trinajstić information content (AvgIpc) is 3.20. The van der Waals surface area contributed by atoms with Crippen molar-refractivity contribution in [3.05, 3.63) is 92.7 Å². The molecule has 0 aliphatic carbocycles. The fourth-order valence-electron chi connectivity index (χ4n) is 2.40. The lowest BCUT2D eigenvalue weighted by atomic mass is 10.1. The molecular formula is C20H14BrN3O5. The summed E-state index contributed by atoms with van der Waals surface area (Å²) in [6.07, 6.45) is 2.61. The SMILES string of the molecule is O=C(/C=C/c1ccc(-c2cccc([N+](=O)[O-])c2)o1)NNC(=O)c1ccccc1Br. The van der Waals surface area contributed by atoms with Crippen LogP contribution in [0.2, 0.25) is 0 Å². The third kappa shape index (κ3) is 5.17. The number of non-ortho nitro benzene ring substituents is 1. The predicted molar refractivity (Wildman–Crippen MR) is 110 cm³/mol. The van der Waals surface area contributed by atoms with E-state index in [1.54, 1.807) is 48.5 Å². The molecule has 2 N–H and O–H groups in total. The number of hydrogen-bond donors (Lipinski definition) is 2. The van der Waals surface area contributed by atoms with Crippen molar-refractivity contribution in [1.29, 1.82) is 0 Å². The number of nitrogens with zero attached hydrogens (tertiary/aromatic N) is 1. The van der Waals surface area contributed by atoms with Gasteiger partial charge in [-0.25, -0.2) is 0 Å². The Morgan fingerprint density at radius 2 is 1.83 bits per heavy atom. The molecule has 0 aliphatic rings. The largest absolute Gasteiger partial charge is 0.457 e. The molecule has 0 saturated carbocycles. The molecule has 2 aromatic carbocycles. The molecule has 0 fully saturated rings. The molecule has 29 heavy (non-hydrogen) atoms. The van der Waals surface area contributed by atoms with E-state index in [-0.39, 0.29) is 5.69 Å². The number of hydrazine groups is 1. The molecule has 0 saturated heterocycles. The number of benzene rings is 2. The lowest BCUT2D eigenvalue weighted by molar-refractivity contribution is -0.384. The minimum absolute atomic E-state index is 0.0452. The summed E-state index contributed by atoms with van der Waals surface area (Å²) < 4.78 is 6.19. The number of carbonyl (C=O) groups excluding carboxylic acids is 2. The van der Waals surface area contributed by atoms with Gasteiger partial charge in [0, 0.05) is 28.2 Å². The molecule has 0 bridgehead atoms.